The number of carbonyl (C=O) groups is 1. The number of aryl methyl sites for hydroxylation is 1. The van der Waals surface area contributed by atoms with Crippen molar-refractivity contribution in [1.82, 2.24) is 10.3 Å². The fraction of sp³-hybridized carbons (Fsp3) is 0.158. The van der Waals surface area contributed by atoms with Gasteiger partial charge in [-0.1, -0.05) is 41.4 Å². The lowest BCUT2D eigenvalue weighted by molar-refractivity contribution is 0.0954. The zero-order chi connectivity index (χ0) is 16.9. The Morgan fingerprint density at radius 1 is 1.21 bits per heavy atom. The highest BCUT2D eigenvalue weighted by Crippen LogP contribution is 2.25. The molecule has 1 heterocycles. The number of hydrogen-bond donors (Lipinski definition) is 1. The molecule has 1 aromatic heterocycles. The molecule has 3 nitrogen and oxygen atoms in total. The van der Waals surface area contributed by atoms with E-state index in [1.54, 1.807) is 11.3 Å². The second-order valence-corrected chi connectivity index (χ2v) is 6.82. The smallest absolute Gasteiger partial charge is 0.251 e. The van der Waals surface area contributed by atoms with Crippen molar-refractivity contribution >= 4 is 28.8 Å². The lowest BCUT2D eigenvalue weighted by Crippen LogP contribution is -2.25. The fourth-order valence-corrected chi connectivity index (χ4v) is 3.33. The van der Waals surface area contributed by atoms with Gasteiger partial charge in [-0.3, -0.25) is 4.79 Å². The summed E-state index contributed by atoms with van der Waals surface area (Å²) in [6.07, 6.45) is 0.710. The molecular weight excluding hydrogens is 340 g/mol. The molecule has 122 valence electrons. The molecule has 0 radical (unpaired) electrons. The monoisotopic (exact) mass is 356 g/mol. The molecule has 2 aromatic carbocycles. The van der Waals surface area contributed by atoms with Crippen LogP contribution in [0.1, 0.15) is 21.6 Å². The largest absolute Gasteiger partial charge is 0.352 e. The first-order chi connectivity index (χ1) is 11.6. The van der Waals surface area contributed by atoms with E-state index in [1.165, 1.54) is 0 Å². The number of aromatic nitrogens is 1. The number of halogens is 1. The van der Waals surface area contributed by atoms with Crippen molar-refractivity contribution in [3.8, 4) is 10.6 Å². The lowest BCUT2D eigenvalue weighted by Gasteiger charge is -2.04. The molecule has 24 heavy (non-hydrogen) atoms. The highest BCUT2D eigenvalue weighted by molar-refractivity contribution is 7.13. The van der Waals surface area contributed by atoms with Crippen molar-refractivity contribution in [3.63, 3.8) is 0 Å². The minimum absolute atomic E-state index is 0.0492. The van der Waals surface area contributed by atoms with Crippen molar-refractivity contribution in [2.45, 2.75) is 13.3 Å². The average molecular weight is 357 g/mol. The van der Waals surface area contributed by atoms with E-state index >= 15 is 0 Å². The van der Waals surface area contributed by atoms with Crippen molar-refractivity contribution in [1.29, 1.82) is 0 Å². The third kappa shape index (κ3) is 4.22. The molecule has 0 saturated carbocycles. The summed E-state index contributed by atoms with van der Waals surface area (Å²) < 4.78 is 0. The number of rotatable bonds is 5. The third-order valence-corrected chi connectivity index (χ3v) is 4.78. The second kappa shape index (κ2) is 7.60. The van der Waals surface area contributed by atoms with Gasteiger partial charge in [-0.05, 0) is 31.2 Å². The van der Waals surface area contributed by atoms with Crippen LogP contribution in [0, 0.1) is 6.92 Å². The summed E-state index contributed by atoms with van der Waals surface area (Å²) >= 11 is 7.50. The molecule has 0 atom stereocenters. The van der Waals surface area contributed by atoms with E-state index in [1.807, 2.05) is 60.8 Å². The number of nitrogens with one attached hydrogen (secondary N) is 1. The van der Waals surface area contributed by atoms with Crippen LogP contribution in [0.5, 0.6) is 0 Å². The highest BCUT2D eigenvalue weighted by Gasteiger charge is 2.07. The zero-order valence-corrected chi connectivity index (χ0v) is 14.8. The summed E-state index contributed by atoms with van der Waals surface area (Å²) in [7, 11) is 0. The molecule has 0 bridgehead atoms. The van der Waals surface area contributed by atoms with E-state index in [4.69, 9.17) is 11.6 Å². The first-order valence-corrected chi connectivity index (χ1v) is 8.93. The van der Waals surface area contributed by atoms with Crippen LogP contribution in [0.4, 0.5) is 0 Å². The number of nitrogens with zero attached hydrogens (tertiary/aromatic N) is 1. The summed E-state index contributed by atoms with van der Waals surface area (Å²) in [4.78, 5) is 16.7. The lowest BCUT2D eigenvalue weighted by atomic mass is 10.1. The van der Waals surface area contributed by atoms with Crippen LogP contribution in [0.2, 0.25) is 5.02 Å². The standard InChI is InChI=1S/C19H17ClN2OS/c1-13-3-2-4-15(11-13)18(23)21-10-9-17-12-24-19(22-17)14-5-7-16(20)8-6-14/h2-8,11-12H,9-10H2,1H3,(H,21,23). The summed E-state index contributed by atoms with van der Waals surface area (Å²) in [6.45, 7) is 2.54. The molecule has 3 aromatic rings. The van der Waals surface area contributed by atoms with Crippen LogP contribution in [0.3, 0.4) is 0 Å². The molecule has 0 spiro atoms. The fourth-order valence-electron chi connectivity index (χ4n) is 2.34. The van der Waals surface area contributed by atoms with Gasteiger partial charge in [0.2, 0.25) is 0 Å². The second-order valence-electron chi connectivity index (χ2n) is 5.53. The van der Waals surface area contributed by atoms with Gasteiger partial charge in [0.15, 0.2) is 0 Å². The number of carbonyl (C=O) groups excluding carboxylic acids is 1. The number of benzene rings is 2. The van der Waals surface area contributed by atoms with Crippen LogP contribution in [0.25, 0.3) is 10.6 Å². The van der Waals surface area contributed by atoms with Gasteiger partial charge >= 0.3 is 0 Å². The van der Waals surface area contributed by atoms with Gasteiger partial charge in [-0.2, -0.15) is 0 Å². The van der Waals surface area contributed by atoms with Gasteiger partial charge < -0.3 is 5.32 Å². The SMILES string of the molecule is Cc1cccc(C(=O)NCCc2csc(-c3ccc(Cl)cc3)n2)c1. The quantitative estimate of drug-likeness (QED) is 0.717. The minimum Gasteiger partial charge on any atom is -0.352 e. The van der Waals surface area contributed by atoms with Crippen LogP contribution < -0.4 is 5.32 Å². The van der Waals surface area contributed by atoms with E-state index in [-0.39, 0.29) is 5.91 Å². The molecule has 0 aliphatic heterocycles. The molecule has 1 amide bonds. The highest BCUT2D eigenvalue weighted by atomic mass is 35.5. The third-order valence-electron chi connectivity index (χ3n) is 3.59. The van der Waals surface area contributed by atoms with E-state index in [0.717, 1.165) is 26.9 Å². The molecule has 0 aliphatic rings. The summed E-state index contributed by atoms with van der Waals surface area (Å²) in [5, 5.41) is 6.65. The minimum atomic E-state index is -0.0492. The first-order valence-electron chi connectivity index (χ1n) is 7.67. The normalized spacial score (nSPS) is 10.6. The Balaban J connectivity index is 1.56. The summed E-state index contributed by atoms with van der Waals surface area (Å²) in [6, 6.07) is 15.2. The van der Waals surface area contributed by atoms with Crippen LogP contribution >= 0.6 is 22.9 Å². The zero-order valence-electron chi connectivity index (χ0n) is 13.3. The van der Waals surface area contributed by atoms with Gasteiger partial charge in [0.1, 0.15) is 5.01 Å². The molecule has 0 saturated heterocycles. The Kier molecular flexibility index (Phi) is 5.28. The number of amides is 1. The van der Waals surface area contributed by atoms with E-state index in [0.29, 0.717) is 18.5 Å². The maximum Gasteiger partial charge on any atom is 0.251 e. The van der Waals surface area contributed by atoms with Gasteiger partial charge in [0, 0.05) is 34.5 Å². The van der Waals surface area contributed by atoms with Crippen LogP contribution in [-0.2, 0) is 6.42 Å². The van der Waals surface area contributed by atoms with E-state index in [2.05, 4.69) is 10.3 Å². The van der Waals surface area contributed by atoms with Crippen molar-refractivity contribution in [3.05, 3.63) is 75.8 Å². The van der Waals surface area contributed by atoms with Crippen LogP contribution in [-0.4, -0.2) is 17.4 Å². The predicted molar refractivity (Wildman–Crippen MR) is 99.8 cm³/mol. The molecule has 0 aliphatic carbocycles. The van der Waals surface area contributed by atoms with Crippen LogP contribution in [0.15, 0.2) is 53.9 Å². The number of thiazole rings is 1. The van der Waals surface area contributed by atoms with E-state index < -0.39 is 0 Å². The molecule has 5 heteroatoms. The average Bonchev–Trinajstić information content (AvgIpc) is 3.04. The van der Waals surface area contributed by atoms with Crippen molar-refractivity contribution < 1.29 is 4.79 Å². The Bertz CT molecular complexity index is 843. The Labute approximate surface area is 150 Å². The van der Waals surface area contributed by atoms with Gasteiger partial charge in [0.05, 0.1) is 5.69 Å². The van der Waals surface area contributed by atoms with Gasteiger partial charge in [-0.25, -0.2) is 4.98 Å². The maximum absolute atomic E-state index is 12.1. The Hall–Kier alpha value is -2.17. The van der Waals surface area contributed by atoms with Crippen molar-refractivity contribution in [2.75, 3.05) is 6.54 Å². The van der Waals surface area contributed by atoms with Crippen molar-refractivity contribution in [2.24, 2.45) is 0 Å². The Morgan fingerprint density at radius 2 is 2.00 bits per heavy atom. The summed E-state index contributed by atoms with van der Waals surface area (Å²) in [5.74, 6) is -0.0492. The first kappa shape index (κ1) is 16.7. The molecule has 1 N–H and O–H groups in total. The topological polar surface area (TPSA) is 42.0 Å². The molecule has 3 rings (SSSR count). The van der Waals surface area contributed by atoms with E-state index in [9.17, 15) is 4.79 Å². The maximum atomic E-state index is 12.1. The molecular formula is C19H17ClN2OS. The Morgan fingerprint density at radius 3 is 2.75 bits per heavy atom. The molecule has 0 fully saturated rings. The predicted octanol–water partition coefficient (Wildman–Crippen LogP) is 4.74. The summed E-state index contributed by atoms with van der Waals surface area (Å²) in [5.41, 5.74) is 3.80. The van der Waals surface area contributed by atoms with Gasteiger partial charge in [0.25, 0.3) is 5.91 Å². The molecule has 0 unspecified atom stereocenters. The number of hydrogen-bond acceptors (Lipinski definition) is 3. The van der Waals surface area contributed by atoms with Gasteiger partial charge in [-0.15, -0.1) is 11.3 Å².